The highest BCUT2D eigenvalue weighted by molar-refractivity contribution is 5.86. The summed E-state index contributed by atoms with van der Waals surface area (Å²) in [6.45, 7) is 0. The first-order chi connectivity index (χ1) is 12.1. The van der Waals surface area contributed by atoms with Gasteiger partial charge in [-0.2, -0.15) is 26.3 Å². The SMILES string of the molecule is [NH-][C@H](c1cc2cccc(C(F)(F)F)c2nc1-c1cccnc1)C(F)(F)F. The van der Waals surface area contributed by atoms with Crippen LogP contribution in [0.1, 0.15) is 17.2 Å². The molecule has 0 bridgehead atoms. The molecule has 2 heterocycles. The number of aromatic nitrogens is 2. The average Bonchev–Trinajstić information content (AvgIpc) is 2.58. The van der Waals surface area contributed by atoms with E-state index < -0.39 is 35.0 Å². The molecule has 0 saturated carbocycles. The van der Waals surface area contributed by atoms with Crippen molar-refractivity contribution in [3.63, 3.8) is 0 Å². The lowest BCUT2D eigenvalue weighted by Gasteiger charge is -2.26. The second-order valence-corrected chi connectivity index (χ2v) is 5.52. The molecule has 0 amide bonds. The van der Waals surface area contributed by atoms with Gasteiger partial charge in [-0.05, 0) is 35.9 Å². The largest absolute Gasteiger partial charge is 0.663 e. The van der Waals surface area contributed by atoms with E-state index in [4.69, 9.17) is 5.73 Å². The average molecular weight is 370 g/mol. The number of halogens is 6. The summed E-state index contributed by atoms with van der Waals surface area (Å²) in [5.41, 5.74) is 5.19. The number of hydrogen-bond donors (Lipinski definition) is 0. The Kier molecular flexibility index (Phi) is 4.35. The molecule has 0 spiro atoms. The van der Waals surface area contributed by atoms with E-state index in [1.54, 1.807) is 0 Å². The molecule has 0 radical (unpaired) electrons. The van der Waals surface area contributed by atoms with E-state index in [-0.39, 0.29) is 16.6 Å². The topological polar surface area (TPSA) is 49.6 Å². The first kappa shape index (κ1) is 18.1. The minimum Gasteiger partial charge on any atom is -0.663 e. The van der Waals surface area contributed by atoms with Crippen LogP contribution in [-0.4, -0.2) is 16.1 Å². The fourth-order valence-electron chi connectivity index (χ4n) is 2.57. The Labute approximate surface area is 143 Å². The lowest BCUT2D eigenvalue weighted by molar-refractivity contribution is -0.139. The zero-order chi connectivity index (χ0) is 19.1. The number of nitrogens with one attached hydrogen (secondary N) is 1. The van der Waals surface area contributed by atoms with Crippen LogP contribution in [0.3, 0.4) is 0 Å². The van der Waals surface area contributed by atoms with Crippen molar-refractivity contribution < 1.29 is 26.3 Å². The van der Waals surface area contributed by atoms with Crippen molar-refractivity contribution in [3.05, 3.63) is 65.7 Å². The van der Waals surface area contributed by atoms with E-state index in [9.17, 15) is 26.3 Å². The highest BCUT2D eigenvalue weighted by Gasteiger charge is 2.36. The third kappa shape index (κ3) is 3.34. The molecule has 0 aliphatic heterocycles. The van der Waals surface area contributed by atoms with E-state index in [2.05, 4.69) is 9.97 Å². The second kappa shape index (κ2) is 6.24. The fourth-order valence-corrected chi connectivity index (χ4v) is 2.57. The van der Waals surface area contributed by atoms with Crippen molar-refractivity contribution in [2.45, 2.75) is 18.4 Å². The van der Waals surface area contributed by atoms with Crippen LogP contribution in [0.15, 0.2) is 48.8 Å². The van der Waals surface area contributed by atoms with Crippen molar-refractivity contribution in [2.75, 3.05) is 0 Å². The predicted molar refractivity (Wildman–Crippen MR) is 83.1 cm³/mol. The maximum atomic E-state index is 13.2. The summed E-state index contributed by atoms with van der Waals surface area (Å²) in [5, 5.41) is -0.121. The van der Waals surface area contributed by atoms with Gasteiger partial charge in [0.05, 0.1) is 16.8 Å². The van der Waals surface area contributed by atoms with Gasteiger partial charge >= 0.3 is 12.4 Å². The van der Waals surface area contributed by atoms with Crippen LogP contribution in [0, 0.1) is 0 Å². The summed E-state index contributed by atoms with van der Waals surface area (Å²) in [6, 6.07) is 4.22. The maximum absolute atomic E-state index is 13.2. The van der Waals surface area contributed by atoms with Gasteiger partial charge in [-0.25, -0.2) is 4.98 Å². The normalized spacial score (nSPS) is 13.8. The maximum Gasteiger partial charge on any atom is 0.418 e. The van der Waals surface area contributed by atoms with Crippen LogP contribution in [0.2, 0.25) is 0 Å². The molecular weight excluding hydrogens is 360 g/mol. The van der Waals surface area contributed by atoms with Gasteiger partial charge in [0.2, 0.25) is 0 Å². The minimum absolute atomic E-state index is 0.0999. The van der Waals surface area contributed by atoms with Crippen LogP contribution in [-0.2, 0) is 6.18 Å². The van der Waals surface area contributed by atoms with Gasteiger partial charge in [0.25, 0.3) is 0 Å². The molecule has 0 unspecified atom stereocenters. The quantitative estimate of drug-likeness (QED) is 0.522. The van der Waals surface area contributed by atoms with Gasteiger partial charge in [-0.1, -0.05) is 12.1 Å². The lowest BCUT2D eigenvalue weighted by atomic mass is 9.97. The van der Waals surface area contributed by atoms with Crippen LogP contribution in [0.5, 0.6) is 0 Å². The Morgan fingerprint density at radius 3 is 2.27 bits per heavy atom. The Morgan fingerprint density at radius 1 is 0.962 bits per heavy atom. The van der Waals surface area contributed by atoms with Crippen LogP contribution < -0.4 is 0 Å². The van der Waals surface area contributed by atoms with Crippen molar-refractivity contribution in [1.82, 2.24) is 9.97 Å². The Morgan fingerprint density at radius 2 is 1.69 bits per heavy atom. The van der Waals surface area contributed by atoms with E-state index in [0.717, 1.165) is 18.2 Å². The first-order valence-electron chi connectivity index (χ1n) is 7.28. The van der Waals surface area contributed by atoms with Gasteiger partial charge in [-0.3, -0.25) is 4.98 Å². The molecule has 0 aliphatic rings. The van der Waals surface area contributed by atoms with Crippen molar-refractivity contribution >= 4 is 10.9 Å². The third-order valence-corrected chi connectivity index (χ3v) is 3.75. The summed E-state index contributed by atoms with van der Waals surface area (Å²) in [7, 11) is 0. The second-order valence-electron chi connectivity index (χ2n) is 5.52. The van der Waals surface area contributed by atoms with E-state index in [1.807, 2.05) is 0 Å². The molecule has 1 atom stereocenters. The summed E-state index contributed by atoms with van der Waals surface area (Å²) < 4.78 is 79.0. The van der Waals surface area contributed by atoms with Crippen LogP contribution >= 0.6 is 0 Å². The molecular formula is C17H10F6N3-. The molecule has 2 aromatic heterocycles. The molecule has 0 saturated heterocycles. The van der Waals surface area contributed by atoms with E-state index in [1.165, 1.54) is 30.6 Å². The molecule has 9 heteroatoms. The number of rotatable bonds is 2. The lowest BCUT2D eigenvalue weighted by Crippen LogP contribution is -2.18. The molecule has 3 nitrogen and oxygen atoms in total. The predicted octanol–water partition coefficient (Wildman–Crippen LogP) is 5.97. The smallest absolute Gasteiger partial charge is 0.418 e. The molecule has 0 aliphatic carbocycles. The Bertz CT molecular complexity index is 935. The number of nitrogens with zero attached hydrogens (tertiary/aromatic N) is 2. The Hall–Kier alpha value is -2.68. The standard InChI is InChI=1S/C17H10F6N3/c18-16(19,20)12-5-1-3-9-7-11(15(24)17(21,22)23)13(26-14(9)12)10-4-2-6-25-8-10/h1-8,15,24H/q-1/t15-/m1/s1. The third-order valence-electron chi connectivity index (χ3n) is 3.75. The van der Waals surface area contributed by atoms with Crippen LogP contribution in [0.4, 0.5) is 26.3 Å². The molecule has 1 N–H and O–H groups in total. The number of hydrogen-bond acceptors (Lipinski definition) is 2. The van der Waals surface area contributed by atoms with Gasteiger partial charge in [-0.15, -0.1) is 0 Å². The Balaban J connectivity index is 2.36. The summed E-state index contributed by atoms with van der Waals surface area (Å²) >= 11 is 0. The number of fused-ring (bicyclic) bond motifs is 1. The summed E-state index contributed by atoms with van der Waals surface area (Å²) in [6.07, 6.45) is -7.05. The first-order valence-corrected chi connectivity index (χ1v) is 7.28. The zero-order valence-electron chi connectivity index (χ0n) is 12.9. The molecule has 136 valence electrons. The highest BCUT2D eigenvalue weighted by atomic mass is 19.4. The van der Waals surface area contributed by atoms with Gasteiger partial charge in [0, 0.05) is 23.3 Å². The van der Waals surface area contributed by atoms with Crippen molar-refractivity contribution in [2.24, 2.45) is 0 Å². The molecule has 3 rings (SSSR count). The van der Waals surface area contributed by atoms with E-state index in [0.29, 0.717) is 0 Å². The summed E-state index contributed by atoms with van der Waals surface area (Å²) in [4.78, 5) is 7.64. The number of pyridine rings is 2. The zero-order valence-corrected chi connectivity index (χ0v) is 12.9. The van der Waals surface area contributed by atoms with Gasteiger partial charge < -0.3 is 5.73 Å². The van der Waals surface area contributed by atoms with E-state index >= 15 is 0 Å². The van der Waals surface area contributed by atoms with Gasteiger partial charge in [0.1, 0.15) is 0 Å². The molecule has 0 fully saturated rings. The van der Waals surface area contributed by atoms with Crippen LogP contribution in [0.25, 0.3) is 27.9 Å². The highest BCUT2D eigenvalue weighted by Crippen LogP contribution is 2.42. The number of para-hydroxylation sites is 1. The number of alkyl halides is 6. The van der Waals surface area contributed by atoms with Crippen molar-refractivity contribution in [3.8, 4) is 11.3 Å². The minimum atomic E-state index is -4.89. The molecule has 3 aromatic rings. The molecule has 1 aromatic carbocycles. The fraction of sp³-hybridized carbons (Fsp3) is 0.176. The monoisotopic (exact) mass is 370 g/mol. The summed E-state index contributed by atoms with van der Waals surface area (Å²) in [5.74, 6) is 0. The van der Waals surface area contributed by atoms with Crippen molar-refractivity contribution in [1.29, 1.82) is 0 Å². The number of benzene rings is 1. The molecule has 26 heavy (non-hydrogen) atoms. The van der Waals surface area contributed by atoms with Gasteiger partial charge in [0.15, 0.2) is 0 Å².